The number of rotatable bonds is 8. The van der Waals surface area contributed by atoms with E-state index < -0.39 is 0 Å². The summed E-state index contributed by atoms with van der Waals surface area (Å²) in [5.74, 6) is 0. The fraction of sp³-hybridized carbons (Fsp3) is 0.867. The van der Waals surface area contributed by atoms with E-state index in [0.29, 0.717) is 6.04 Å². The molecule has 1 N–H and O–H groups in total. The maximum atomic E-state index is 3.71. The lowest BCUT2D eigenvalue weighted by Crippen LogP contribution is -2.57. The summed E-state index contributed by atoms with van der Waals surface area (Å²) in [6.45, 7) is 12.3. The van der Waals surface area contributed by atoms with Crippen molar-refractivity contribution in [1.82, 2.24) is 10.2 Å². The van der Waals surface area contributed by atoms with Gasteiger partial charge in [0.15, 0.2) is 0 Å². The Morgan fingerprint density at radius 1 is 1.18 bits per heavy atom. The van der Waals surface area contributed by atoms with Crippen molar-refractivity contribution in [1.29, 1.82) is 0 Å². The summed E-state index contributed by atoms with van der Waals surface area (Å²) in [5.41, 5.74) is 1.62. The van der Waals surface area contributed by atoms with E-state index in [2.05, 4.69) is 65.0 Å². The summed E-state index contributed by atoms with van der Waals surface area (Å²) < 4.78 is 0. The molecule has 0 aliphatic heterocycles. The Morgan fingerprint density at radius 3 is 2.00 bits per heavy atom. The first kappa shape index (κ1) is 16.7. The van der Waals surface area contributed by atoms with Gasteiger partial charge in [0.25, 0.3) is 0 Å². The van der Waals surface area contributed by atoms with Crippen LogP contribution in [-0.4, -0.2) is 37.1 Å². The average molecular weight is 240 g/mol. The summed E-state index contributed by atoms with van der Waals surface area (Å²) >= 11 is 0. The van der Waals surface area contributed by atoms with Gasteiger partial charge >= 0.3 is 0 Å². The number of allylic oxidation sites excluding steroid dienone is 1. The first-order valence-corrected chi connectivity index (χ1v) is 7.00. The first-order chi connectivity index (χ1) is 7.94. The molecule has 2 nitrogen and oxygen atoms in total. The minimum Gasteiger partial charge on any atom is -0.309 e. The minimum atomic E-state index is 0.229. The summed E-state index contributed by atoms with van der Waals surface area (Å²) in [6, 6.07) is 0.442. The van der Waals surface area contributed by atoms with E-state index in [1.54, 1.807) is 0 Å². The van der Waals surface area contributed by atoms with E-state index in [-0.39, 0.29) is 5.54 Å². The predicted octanol–water partition coefficient (Wildman–Crippen LogP) is 3.44. The second-order valence-corrected chi connectivity index (χ2v) is 5.38. The molecule has 0 saturated heterocycles. The van der Waals surface area contributed by atoms with E-state index in [4.69, 9.17) is 0 Å². The molecular formula is C15H32N2. The zero-order chi connectivity index (χ0) is 13.5. The highest BCUT2D eigenvalue weighted by Crippen LogP contribution is 2.27. The Bertz CT molecular complexity index is 223. The highest BCUT2D eigenvalue weighted by atomic mass is 15.2. The van der Waals surface area contributed by atoms with Gasteiger partial charge in [-0.2, -0.15) is 0 Å². The highest BCUT2D eigenvalue weighted by Gasteiger charge is 2.35. The van der Waals surface area contributed by atoms with Crippen LogP contribution in [0.4, 0.5) is 0 Å². The zero-order valence-corrected chi connectivity index (χ0v) is 12.9. The minimum absolute atomic E-state index is 0.229. The second-order valence-electron chi connectivity index (χ2n) is 5.38. The summed E-state index contributed by atoms with van der Waals surface area (Å²) in [4.78, 5) is 2.39. The molecule has 102 valence electrons. The van der Waals surface area contributed by atoms with Gasteiger partial charge in [0.05, 0.1) is 0 Å². The van der Waals surface area contributed by atoms with E-state index in [0.717, 1.165) is 6.54 Å². The lowest BCUT2D eigenvalue weighted by atomic mass is 9.82. The molecule has 0 radical (unpaired) electrons. The van der Waals surface area contributed by atoms with E-state index in [1.165, 1.54) is 24.8 Å². The van der Waals surface area contributed by atoms with Crippen molar-refractivity contribution in [3.63, 3.8) is 0 Å². The number of hydrogen-bond donors (Lipinski definition) is 1. The summed E-state index contributed by atoms with van der Waals surface area (Å²) in [6.07, 6.45) is 5.91. The molecule has 2 heteroatoms. The monoisotopic (exact) mass is 240 g/mol. The number of nitrogens with one attached hydrogen (secondary N) is 1. The molecule has 0 amide bonds. The van der Waals surface area contributed by atoms with Crippen LogP contribution in [0.2, 0.25) is 0 Å². The van der Waals surface area contributed by atoms with Gasteiger partial charge in [-0.05, 0) is 53.8 Å². The molecular weight excluding hydrogens is 208 g/mol. The lowest BCUT2D eigenvalue weighted by molar-refractivity contribution is 0.107. The van der Waals surface area contributed by atoms with Crippen LogP contribution in [0.15, 0.2) is 11.6 Å². The molecule has 0 aromatic heterocycles. The number of likely N-dealkylation sites (N-methyl/N-ethyl adjacent to an activating group) is 1. The van der Waals surface area contributed by atoms with Gasteiger partial charge in [-0.15, -0.1) is 0 Å². The van der Waals surface area contributed by atoms with Gasteiger partial charge < -0.3 is 10.2 Å². The molecule has 0 spiro atoms. The van der Waals surface area contributed by atoms with Crippen LogP contribution >= 0.6 is 0 Å². The van der Waals surface area contributed by atoms with Gasteiger partial charge in [0, 0.05) is 11.6 Å². The van der Waals surface area contributed by atoms with Crippen molar-refractivity contribution in [3.05, 3.63) is 11.6 Å². The molecule has 0 fully saturated rings. The Balaban J connectivity index is 5.12. The molecule has 0 rings (SSSR count). The molecule has 0 heterocycles. The fourth-order valence-electron chi connectivity index (χ4n) is 2.64. The quantitative estimate of drug-likeness (QED) is 0.654. The lowest BCUT2D eigenvalue weighted by Gasteiger charge is -2.44. The maximum absolute atomic E-state index is 3.71. The maximum Gasteiger partial charge on any atom is 0.0438 e. The third kappa shape index (κ3) is 4.44. The topological polar surface area (TPSA) is 15.3 Å². The van der Waals surface area contributed by atoms with Gasteiger partial charge in [-0.25, -0.2) is 0 Å². The summed E-state index contributed by atoms with van der Waals surface area (Å²) in [5, 5.41) is 3.71. The van der Waals surface area contributed by atoms with E-state index in [9.17, 15) is 0 Å². The van der Waals surface area contributed by atoms with E-state index in [1.807, 2.05) is 0 Å². The molecule has 0 aromatic carbocycles. The molecule has 0 aliphatic carbocycles. The molecule has 17 heavy (non-hydrogen) atoms. The molecule has 0 aliphatic rings. The van der Waals surface area contributed by atoms with Crippen LogP contribution < -0.4 is 5.32 Å². The molecule has 0 bridgehead atoms. The van der Waals surface area contributed by atoms with Crippen LogP contribution in [0.25, 0.3) is 0 Å². The number of hydrogen-bond acceptors (Lipinski definition) is 2. The molecule has 1 atom stereocenters. The predicted molar refractivity (Wildman–Crippen MR) is 78.5 cm³/mol. The fourth-order valence-corrected chi connectivity index (χ4v) is 2.64. The van der Waals surface area contributed by atoms with Crippen molar-refractivity contribution >= 4 is 0 Å². The summed E-state index contributed by atoms with van der Waals surface area (Å²) in [7, 11) is 4.40. The van der Waals surface area contributed by atoms with Crippen molar-refractivity contribution < 1.29 is 0 Å². The van der Waals surface area contributed by atoms with Crippen LogP contribution in [0.5, 0.6) is 0 Å². The Hall–Kier alpha value is -0.340. The molecule has 1 unspecified atom stereocenters. The van der Waals surface area contributed by atoms with Gasteiger partial charge in [-0.3, -0.25) is 0 Å². The average Bonchev–Trinajstić information content (AvgIpc) is 2.26. The third-order valence-electron chi connectivity index (χ3n) is 3.81. The zero-order valence-electron chi connectivity index (χ0n) is 12.9. The van der Waals surface area contributed by atoms with Gasteiger partial charge in [0.1, 0.15) is 0 Å². The van der Waals surface area contributed by atoms with Crippen molar-refractivity contribution in [3.8, 4) is 0 Å². The largest absolute Gasteiger partial charge is 0.309 e. The second kappa shape index (κ2) is 7.88. The van der Waals surface area contributed by atoms with Crippen LogP contribution in [0.3, 0.4) is 0 Å². The van der Waals surface area contributed by atoms with Crippen LogP contribution in [0.1, 0.15) is 53.9 Å². The van der Waals surface area contributed by atoms with Crippen LogP contribution in [0, 0.1) is 0 Å². The molecule has 0 aromatic rings. The standard InChI is InChI=1S/C15H32N2/c1-8-11-16-14(12-13(4)5)15(9-2,10-3)17(6)7/h12,14,16H,8-11H2,1-7H3. The Kier molecular flexibility index (Phi) is 7.73. The Morgan fingerprint density at radius 2 is 1.71 bits per heavy atom. The number of nitrogens with zero attached hydrogens (tertiary/aromatic N) is 1. The normalized spacial score (nSPS) is 13.9. The SMILES string of the molecule is CCCNC(C=C(C)C)C(CC)(CC)N(C)C. The van der Waals surface area contributed by atoms with Gasteiger partial charge in [-0.1, -0.05) is 32.4 Å². The Labute approximate surface area is 108 Å². The van der Waals surface area contributed by atoms with E-state index >= 15 is 0 Å². The van der Waals surface area contributed by atoms with Crippen molar-refractivity contribution in [2.24, 2.45) is 0 Å². The van der Waals surface area contributed by atoms with Crippen molar-refractivity contribution in [2.75, 3.05) is 20.6 Å². The highest BCUT2D eigenvalue weighted by molar-refractivity contribution is 5.11. The first-order valence-electron chi connectivity index (χ1n) is 7.00. The third-order valence-corrected chi connectivity index (χ3v) is 3.81. The van der Waals surface area contributed by atoms with Crippen LogP contribution in [-0.2, 0) is 0 Å². The van der Waals surface area contributed by atoms with Gasteiger partial charge in [0.2, 0.25) is 0 Å². The van der Waals surface area contributed by atoms with Crippen molar-refractivity contribution in [2.45, 2.75) is 65.5 Å². The smallest absolute Gasteiger partial charge is 0.0438 e. The molecule has 0 saturated carbocycles.